The molecule has 1 heterocycles. The van der Waals surface area contributed by atoms with Crippen LogP contribution in [-0.4, -0.2) is 35.6 Å². The van der Waals surface area contributed by atoms with Crippen LogP contribution in [0.4, 0.5) is 10.1 Å². The van der Waals surface area contributed by atoms with Crippen LogP contribution in [-0.2, 0) is 37.5 Å². The van der Waals surface area contributed by atoms with E-state index in [0.29, 0.717) is 0 Å². The van der Waals surface area contributed by atoms with Gasteiger partial charge in [-0.1, -0.05) is 35.9 Å². The molecule has 1 aliphatic carbocycles. The zero-order chi connectivity index (χ0) is 22.5. The van der Waals surface area contributed by atoms with Crippen LogP contribution in [0.25, 0.3) is 0 Å². The molecule has 2 fully saturated rings. The van der Waals surface area contributed by atoms with Crippen LogP contribution < -0.4 is 5.32 Å². The zero-order valence-corrected chi connectivity index (χ0v) is 23.1. The molecule has 0 bridgehead atoms. The van der Waals surface area contributed by atoms with Crippen LogP contribution in [0.3, 0.4) is 0 Å². The quantitative estimate of drug-likeness (QED) is 0.476. The second-order valence-corrected chi connectivity index (χ2v) is 9.38. The number of likely N-dealkylation sites (tertiary alicyclic amines) is 1. The Morgan fingerprint density at radius 3 is 1.91 bits per heavy atom. The van der Waals surface area contributed by atoms with E-state index in [1.807, 2.05) is 32.0 Å². The van der Waals surface area contributed by atoms with Gasteiger partial charge in [-0.25, -0.2) is 4.39 Å². The van der Waals surface area contributed by atoms with Crippen LogP contribution in [0, 0.1) is 26.6 Å². The summed E-state index contributed by atoms with van der Waals surface area (Å²) in [6.07, 6.45) is 6.97. The molecular weight excluding hydrogens is 476 g/mol. The average molecular weight is 515 g/mol. The molecule has 1 radical (unpaired) electrons. The Bertz CT molecular complexity index is 865. The summed E-state index contributed by atoms with van der Waals surface area (Å²) in [6, 6.07) is 13.3. The Kier molecular flexibility index (Phi) is 10.1. The third kappa shape index (κ3) is 6.07. The molecule has 1 aliphatic heterocycles. The molecule has 171 valence electrons. The van der Waals surface area contributed by atoms with Gasteiger partial charge in [0.25, 0.3) is 5.91 Å². The summed E-state index contributed by atoms with van der Waals surface area (Å²) in [5, 5.41) is 3.16. The molecule has 5 heteroatoms. The molecule has 0 unspecified atom stereocenters. The Hall–Kier alpha value is -1.10. The number of nitrogens with one attached hydrogen (secondary N) is 1. The van der Waals surface area contributed by atoms with Gasteiger partial charge in [-0.05, 0) is 76.6 Å². The molecular formula is C27H38FN2OY+. The Labute approximate surface area is 218 Å². The first-order valence-electron chi connectivity index (χ1n) is 11.8. The number of nitrogens with zero attached hydrogens (tertiary/aromatic N) is 1. The van der Waals surface area contributed by atoms with Gasteiger partial charge in [0.05, 0.1) is 19.6 Å². The summed E-state index contributed by atoms with van der Waals surface area (Å²) >= 11 is 0. The number of anilines is 1. The summed E-state index contributed by atoms with van der Waals surface area (Å²) in [7, 11) is 0. The van der Waals surface area contributed by atoms with E-state index in [1.165, 1.54) is 43.4 Å². The van der Waals surface area contributed by atoms with Crippen LogP contribution in [0.1, 0.15) is 62.1 Å². The smallest absolute Gasteiger partial charge is 0.285 e. The first-order valence-corrected chi connectivity index (χ1v) is 11.8. The zero-order valence-electron chi connectivity index (χ0n) is 20.2. The van der Waals surface area contributed by atoms with E-state index in [1.54, 1.807) is 0 Å². The monoisotopic (exact) mass is 514 g/mol. The van der Waals surface area contributed by atoms with Gasteiger partial charge in [-0.3, -0.25) is 4.79 Å². The number of quaternary nitrogens is 1. The maximum atomic E-state index is 13.5. The van der Waals surface area contributed by atoms with E-state index in [9.17, 15) is 9.18 Å². The second kappa shape index (κ2) is 11.9. The third-order valence-electron chi connectivity index (χ3n) is 7.26. The molecule has 1 amide bonds. The number of benzene rings is 2. The number of hydrogen-bond donors (Lipinski definition) is 1. The number of likely N-dealkylation sites (N-methyl/N-ethyl adjacent to an activating group) is 1. The van der Waals surface area contributed by atoms with Crippen molar-refractivity contribution in [3.05, 3.63) is 65.0 Å². The average Bonchev–Trinajstić information content (AvgIpc) is 3.56. The molecule has 1 saturated carbocycles. The van der Waals surface area contributed by atoms with Crippen molar-refractivity contribution in [2.45, 2.75) is 71.8 Å². The molecule has 1 saturated heterocycles. The number of carbonyl (C=O) groups is 1. The predicted octanol–water partition coefficient (Wildman–Crippen LogP) is 6.32. The van der Waals surface area contributed by atoms with E-state index in [0.717, 1.165) is 53.8 Å². The number of aryl methyl sites for hydroxylation is 3. The Morgan fingerprint density at radius 2 is 1.50 bits per heavy atom. The van der Waals surface area contributed by atoms with Gasteiger partial charge in [0.1, 0.15) is 5.82 Å². The molecule has 2 aromatic carbocycles. The molecule has 0 atom stereocenters. The number of halogens is 1. The van der Waals surface area contributed by atoms with Crippen molar-refractivity contribution in [3.8, 4) is 0 Å². The summed E-state index contributed by atoms with van der Waals surface area (Å²) in [5.41, 5.74) is 3.46. The summed E-state index contributed by atoms with van der Waals surface area (Å²) in [5.74, 6) is -0.0993. The summed E-state index contributed by atoms with van der Waals surface area (Å²) in [4.78, 5) is 13.2. The van der Waals surface area contributed by atoms with Gasteiger partial charge in [-0.2, -0.15) is 0 Å². The van der Waals surface area contributed by atoms with E-state index in [2.05, 4.69) is 31.3 Å². The second-order valence-electron chi connectivity index (χ2n) is 9.38. The van der Waals surface area contributed by atoms with E-state index >= 15 is 0 Å². The van der Waals surface area contributed by atoms with Crippen LogP contribution in [0.15, 0.2) is 42.5 Å². The van der Waals surface area contributed by atoms with Crippen molar-refractivity contribution in [2.24, 2.45) is 0 Å². The van der Waals surface area contributed by atoms with Gasteiger partial charge < -0.3 is 9.80 Å². The van der Waals surface area contributed by atoms with Crippen molar-refractivity contribution in [3.63, 3.8) is 0 Å². The molecule has 4 rings (SSSR count). The van der Waals surface area contributed by atoms with Crippen molar-refractivity contribution in [1.29, 1.82) is 0 Å². The minimum atomic E-state index is -0.258. The molecule has 3 nitrogen and oxygen atoms in total. The molecule has 2 aromatic rings. The van der Waals surface area contributed by atoms with E-state index in [4.69, 9.17) is 0 Å². The fraction of sp³-hybridized carbons (Fsp3) is 0.519. The number of carbonyl (C=O) groups excluding carboxylic acids is 1. The first-order chi connectivity index (χ1) is 14.8. The van der Waals surface area contributed by atoms with Crippen LogP contribution in [0.2, 0.25) is 0 Å². The molecule has 2 aliphatic rings. The van der Waals surface area contributed by atoms with Gasteiger partial charge in [-0.15, -0.1) is 0 Å². The topological polar surface area (TPSA) is 29.1 Å². The van der Waals surface area contributed by atoms with Crippen molar-refractivity contribution < 1.29 is 46.4 Å². The van der Waals surface area contributed by atoms with Gasteiger partial charge in [0.15, 0.2) is 5.54 Å². The standard InChI is InChI=1S/C20H29FN2O.C7H8.Y/c1-4-23(11-7-5-6-8-12-23)20(9-10-20)19(24)22-18-15(2)13-17(21)14-16(18)3;1-7-5-3-2-4-6-7;/h13-14H,4-12H2,1-3H3;2-6H,1H3;/p+1. The number of hydrogen-bond acceptors (Lipinski definition) is 1. The minimum absolute atomic E-state index is 0. The van der Waals surface area contributed by atoms with Crippen LogP contribution in [0.5, 0.6) is 0 Å². The molecule has 1 N–H and O–H groups in total. The fourth-order valence-corrected chi connectivity index (χ4v) is 5.25. The first kappa shape index (κ1) is 27.2. The normalized spacial score (nSPS) is 18.3. The summed E-state index contributed by atoms with van der Waals surface area (Å²) in [6.45, 7) is 11.3. The van der Waals surface area contributed by atoms with Crippen LogP contribution >= 0.6 is 0 Å². The van der Waals surface area contributed by atoms with Gasteiger partial charge in [0.2, 0.25) is 0 Å². The minimum Gasteiger partial charge on any atom is -0.320 e. The Morgan fingerprint density at radius 1 is 0.969 bits per heavy atom. The van der Waals surface area contributed by atoms with Crippen molar-refractivity contribution >= 4 is 11.6 Å². The van der Waals surface area contributed by atoms with Gasteiger partial charge >= 0.3 is 0 Å². The summed E-state index contributed by atoms with van der Waals surface area (Å²) < 4.78 is 14.5. The van der Waals surface area contributed by atoms with E-state index < -0.39 is 0 Å². The largest absolute Gasteiger partial charge is 0.320 e. The predicted molar refractivity (Wildman–Crippen MR) is 127 cm³/mol. The Balaban J connectivity index is 0.000000388. The molecule has 32 heavy (non-hydrogen) atoms. The third-order valence-corrected chi connectivity index (χ3v) is 7.26. The maximum Gasteiger partial charge on any atom is 0.285 e. The number of amides is 1. The number of rotatable bonds is 4. The maximum absolute atomic E-state index is 13.5. The molecule has 0 aromatic heterocycles. The molecule has 0 spiro atoms. The van der Waals surface area contributed by atoms with Gasteiger partial charge in [0, 0.05) is 51.2 Å². The van der Waals surface area contributed by atoms with Crippen molar-refractivity contribution in [1.82, 2.24) is 0 Å². The fourth-order valence-electron chi connectivity index (χ4n) is 5.25. The van der Waals surface area contributed by atoms with Crippen molar-refractivity contribution in [2.75, 3.05) is 25.0 Å². The van der Waals surface area contributed by atoms with E-state index in [-0.39, 0.29) is 50.0 Å². The SMILES string of the molecule is CC[N+]1(C2(C(=O)Nc3c(C)cc(F)cc3C)CC2)CCCCCC1.Cc1ccccc1.[Y].